The Morgan fingerprint density at radius 3 is 1.51 bits per heavy atom. The van der Waals surface area contributed by atoms with Gasteiger partial charge in [0.15, 0.2) is 21.9 Å². The molecule has 2 aromatic heterocycles. The number of carbonyl (C=O) groups excluding carboxylic acids is 3. The van der Waals surface area contributed by atoms with Gasteiger partial charge in [0.1, 0.15) is 17.2 Å². The lowest BCUT2D eigenvalue weighted by atomic mass is 9.42. The van der Waals surface area contributed by atoms with Crippen LogP contribution in [0.1, 0.15) is 177 Å². The van der Waals surface area contributed by atoms with Crippen LogP contribution < -0.4 is 21.7 Å². The van der Waals surface area contributed by atoms with Gasteiger partial charge in [-0.25, -0.2) is 18.7 Å². The SMILES string of the molecule is CC1(C)CCC2(CC1)C[C@@H](C(=O)CC1CC3(C1)CC(CO)(CO)C3)[C@H](c1ccnc(Cl)c1F)[C@]21C(=O)Nc2cc(Cl)ccc21.CC1(C)CCC2(CC1)N[C@@H](C(=O)O)[C@H](c1ccnc(Cl)c1F)C21C(=O)Nc2cc(Cl)ccc21.NC1CC2(C1)CC(CO)(CO)C2. The first-order chi connectivity index (χ1) is 42.0. The van der Waals surface area contributed by atoms with Gasteiger partial charge in [0.25, 0.3) is 0 Å². The lowest BCUT2D eigenvalue weighted by molar-refractivity contribution is -0.167. The molecule has 10 N–H and O–H groups in total. The van der Waals surface area contributed by atoms with Crippen molar-refractivity contribution in [1.29, 1.82) is 0 Å². The van der Waals surface area contributed by atoms with Crippen LogP contribution in [-0.4, -0.2) is 103 Å². The fourth-order valence-corrected chi connectivity index (χ4v) is 20.9. The zero-order valence-electron chi connectivity index (χ0n) is 50.9. The summed E-state index contributed by atoms with van der Waals surface area (Å²) in [7, 11) is 0. The summed E-state index contributed by atoms with van der Waals surface area (Å²) in [5, 5.41) is 57.7. The number of ketones is 1. The van der Waals surface area contributed by atoms with Crippen molar-refractivity contribution >= 4 is 81.3 Å². The molecule has 1 unspecified atom stereocenters. The topological polar surface area (TPSA) is 257 Å². The highest BCUT2D eigenvalue weighted by Crippen LogP contribution is 2.74. The number of aliphatic hydroxyl groups is 4. The van der Waals surface area contributed by atoms with E-state index >= 15 is 8.78 Å². The molecule has 4 aromatic rings. The Kier molecular flexibility index (Phi) is 16.5. The van der Waals surface area contributed by atoms with Crippen molar-refractivity contribution in [2.75, 3.05) is 37.1 Å². The van der Waals surface area contributed by atoms with Crippen LogP contribution in [0, 0.1) is 61.4 Å². The average Bonchev–Trinajstić information content (AvgIpc) is 1.54. The first kappa shape index (κ1) is 64.7. The Labute approximate surface area is 538 Å². The van der Waals surface area contributed by atoms with Gasteiger partial charge in [-0.3, -0.25) is 24.5 Å². The number of amides is 2. The molecule has 7 aliphatic carbocycles. The quantitative estimate of drug-likeness (QED) is 0.0671. The van der Waals surface area contributed by atoms with Gasteiger partial charge in [0, 0.05) is 80.4 Å². The number of fused-ring (bicyclic) bond motifs is 6. The molecule has 3 aliphatic heterocycles. The van der Waals surface area contributed by atoms with Crippen LogP contribution in [0.15, 0.2) is 60.9 Å². The van der Waals surface area contributed by atoms with Gasteiger partial charge in [0.2, 0.25) is 11.8 Å². The maximum atomic E-state index is 16.1. The van der Waals surface area contributed by atoms with E-state index in [-0.39, 0.29) is 93.0 Å². The van der Waals surface area contributed by atoms with E-state index in [1.807, 2.05) is 6.07 Å². The molecule has 0 bridgehead atoms. The van der Waals surface area contributed by atoms with Crippen LogP contribution in [0.25, 0.3) is 0 Å². The summed E-state index contributed by atoms with van der Waals surface area (Å²) in [6.45, 7) is 9.05. The van der Waals surface area contributed by atoms with Crippen LogP contribution in [0.2, 0.25) is 20.4 Å². The largest absolute Gasteiger partial charge is 0.480 e. The highest BCUT2D eigenvalue weighted by Gasteiger charge is 2.75. The second-order valence-corrected chi connectivity index (χ2v) is 32.4. The molecular weight excluding hydrogens is 1220 g/mol. The first-order valence-corrected chi connectivity index (χ1v) is 33.0. The zero-order valence-corrected chi connectivity index (χ0v) is 53.9. The third-order valence-corrected chi connectivity index (χ3v) is 25.1. The van der Waals surface area contributed by atoms with E-state index in [2.05, 4.69) is 53.6 Å². The molecule has 6 atom stereocenters. The molecular formula is C68H82Cl4F2N6O9. The number of pyridine rings is 2. The Bertz CT molecular complexity index is 3480. The lowest BCUT2D eigenvalue weighted by Crippen LogP contribution is -2.61. The van der Waals surface area contributed by atoms with Gasteiger partial charge in [-0.1, -0.05) is 86.2 Å². The van der Waals surface area contributed by atoms with Crippen molar-refractivity contribution in [2.24, 2.45) is 55.5 Å². The summed E-state index contributed by atoms with van der Waals surface area (Å²) in [5.74, 6) is -5.24. The monoisotopic (exact) mass is 1300 g/mol. The number of aliphatic hydroxyl groups excluding tert-OH is 4. The number of nitrogens with two attached hydrogens (primary N) is 1. The predicted molar refractivity (Wildman–Crippen MR) is 336 cm³/mol. The molecule has 15 nitrogen and oxygen atoms in total. The molecule has 89 heavy (non-hydrogen) atoms. The molecule has 5 heterocycles. The molecule has 0 radical (unpaired) electrons. The van der Waals surface area contributed by atoms with Crippen LogP contribution in [0.5, 0.6) is 0 Å². The second kappa shape index (κ2) is 22.7. The highest BCUT2D eigenvalue weighted by molar-refractivity contribution is 6.32. The van der Waals surface area contributed by atoms with E-state index in [0.717, 1.165) is 95.5 Å². The number of hydrogen-bond donors (Lipinski definition) is 9. The van der Waals surface area contributed by atoms with E-state index in [1.165, 1.54) is 18.5 Å². The summed E-state index contributed by atoms with van der Waals surface area (Å²) in [6.07, 6.45) is 17.2. The van der Waals surface area contributed by atoms with E-state index < -0.39 is 68.6 Å². The first-order valence-electron chi connectivity index (χ1n) is 31.5. The van der Waals surface area contributed by atoms with Gasteiger partial charge in [-0.05, 0) is 201 Å². The minimum absolute atomic E-state index is 0.0195. The van der Waals surface area contributed by atoms with Gasteiger partial charge in [0.05, 0.1) is 31.8 Å². The Hall–Kier alpha value is -4.40. The van der Waals surface area contributed by atoms with Gasteiger partial charge >= 0.3 is 5.97 Å². The maximum Gasteiger partial charge on any atom is 0.321 e. The molecule has 2 amide bonds. The van der Waals surface area contributed by atoms with Crippen molar-refractivity contribution in [3.63, 3.8) is 0 Å². The minimum atomic E-state index is -1.36. The van der Waals surface area contributed by atoms with Crippen LogP contribution in [-0.2, 0) is 30.0 Å². The van der Waals surface area contributed by atoms with Crippen molar-refractivity contribution in [1.82, 2.24) is 15.3 Å². The molecule has 14 rings (SSSR count). The Balaban J connectivity index is 0.000000149. The van der Waals surface area contributed by atoms with Crippen LogP contribution in [0.4, 0.5) is 20.2 Å². The summed E-state index contributed by atoms with van der Waals surface area (Å²) in [4.78, 5) is 63.5. The third-order valence-electron chi connectivity index (χ3n) is 24.1. The molecule has 21 heteroatoms. The van der Waals surface area contributed by atoms with Crippen molar-refractivity contribution in [2.45, 2.75) is 184 Å². The number of aliphatic carboxylic acids is 1. The molecule has 10 aliphatic rings. The summed E-state index contributed by atoms with van der Waals surface area (Å²) in [5.41, 5.74) is 4.77. The fourth-order valence-electron chi connectivity index (χ4n) is 20.2. The standard InChI is InChI=1S/C35H41Cl2FN2O4.C24H24Cl2FN3O3.C9H17NO2/c1-31(2)6-8-34(9-7-31)15-23(26(43)11-20-13-32(14-20)16-33(17-32,18-41)19-42)27(22-5-10-39-29(37)28(22)38)35(34)24-4-3-21(36)12-25(24)40-30(35)44;1-22(2)6-8-23(9-7-22)24(14-4-3-12(25)11-15(14)29-21(24)33)16(18(30-23)20(31)32)13-5-10-28-19(26)17(13)27;10-7-1-8(2-7)3-9(4-8,5-11)6-12/h3-5,10,12,20,23,27,41-42H,6-9,11,13-19H2,1-2H3,(H,40,44);3-5,10-11,16,18,30H,6-9H2,1-2H3,(H,29,33)(H,31,32);7,11-12H,1-6,10H2/t23-,27-,35+;16-,18+,24?;/m00./s1. The smallest absolute Gasteiger partial charge is 0.321 e. The fraction of sp³-hybridized carbons (Fsp3) is 0.618. The van der Waals surface area contributed by atoms with Gasteiger partial charge in [-0.15, -0.1) is 0 Å². The minimum Gasteiger partial charge on any atom is -0.480 e. The maximum absolute atomic E-state index is 16.1. The zero-order chi connectivity index (χ0) is 63.9. The number of carbonyl (C=O) groups is 4. The number of carboxylic acid groups (broad SMARTS) is 1. The van der Waals surface area contributed by atoms with E-state index in [1.54, 1.807) is 36.4 Å². The summed E-state index contributed by atoms with van der Waals surface area (Å²) >= 11 is 24.9. The average molecular weight is 1310 g/mol. The molecule has 8 fully saturated rings. The highest BCUT2D eigenvalue weighted by atomic mass is 35.5. The number of aromatic nitrogens is 2. The molecule has 7 saturated carbocycles. The number of carboxylic acids is 1. The number of nitrogens with one attached hydrogen (secondary N) is 3. The number of halogens is 6. The van der Waals surface area contributed by atoms with Gasteiger partial charge < -0.3 is 41.9 Å². The normalized spacial score (nSPS) is 30.2. The van der Waals surface area contributed by atoms with Crippen LogP contribution in [0.3, 0.4) is 0 Å². The van der Waals surface area contributed by atoms with E-state index in [0.29, 0.717) is 64.1 Å². The van der Waals surface area contributed by atoms with E-state index in [9.17, 15) is 34.5 Å². The molecule has 480 valence electrons. The number of Topliss-reactive ketones (excluding diaryl/α,β-unsaturated/α-hetero) is 1. The Morgan fingerprint density at radius 2 is 1.04 bits per heavy atom. The summed E-state index contributed by atoms with van der Waals surface area (Å²) in [6, 6.07) is 12.8. The number of rotatable bonds is 10. The van der Waals surface area contributed by atoms with Crippen molar-refractivity contribution in [3.05, 3.63) is 115 Å². The van der Waals surface area contributed by atoms with E-state index in [4.69, 9.17) is 62.4 Å². The predicted octanol–water partition coefficient (Wildman–Crippen LogP) is 12.0. The van der Waals surface area contributed by atoms with Crippen molar-refractivity contribution < 1.29 is 53.5 Å². The summed E-state index contributed by atoms with van der Waals surface area (Å²) < 4.78 is 31.5. The Morgan fingerprint density at radius 1 is 0.607 bits per heavy atom. The van der Waals surface area contributed by atoms with Gasteiger partial charge in [-0.2, -0.15) is 0 Å². The molecule has 6 spiro atoms. The third kappa shape index (κ3) is 10.2. The van der Waals surface area contributed by atoms with Crippen molar-refractivity contribution in [3.8, 4) is 0 Å². The van der Waals surface area contributed by atoms with Crippen LogP contribution >= 0.6 is 46.4 Å². The number of benzene rings is 2. The number of anilines is 2. The molecule has 2 aromatic carbocycles. The number of hydrogen-bond acceptors (Lipinski definition) is 12. The lowest BCUT2D eigenvalue weighted by Gasteiger charge is -2.63. The number of nitrogens with zero attached hydrogens (tertiary/aromatic N) is 2. The molecule has 1 saturated heterocycles. The second-order valence-electron chi connectivity index (χ2n) is 30.8.